The van der Waals surface area contributed by atoms with Crippen LogP contribution in [0.1, 0.15) is 50.5 Å². The lowest BCUT2D eigenvalue weighted by atomic mass is 10.0. The van der Waals surface area contributed by atoms with Gasteiger partial charge in [-0.2, -0.15) is 0 Å². The molecule has 0 bridgehead atoms. The van der Waals surface area contributed by atoms with E-state index in [2.05, 4.69) is 33.0 Å². The normalized spacial score (nSPS) is 22.6. The van der Waals surface area contributed by atoms with Gasteiger partial charge in [0.15, 0.2) is 0 Å². The van der Waals surface area contributed by atoms with Crippen molar-refractivity contribution in [2.45, 2.75) is 57.6 Å². The summed E-state index contributed by atoms with van der Waals surface area (Å²) in [6.07, 6.45) is 15.3. The van der Waals surface area contributed by atoms with Crippen molar-refractivity contribution in [1.29, 1.82) is 0 Å². The number of anilines is 1. The molecule has 1 aliphatic carbocycles. The van der Waals surface area contributed by atoms with E-state index < -0.39 is 0 Å². The van der Waals surface area contributed by atoms with E-state index in [4.69, 9.17) is 10.5 Å². The number of hydrogen-bond donors (Lipinski definition) is 1. The van der Waals surface area contributed by atoms with Crippen LogP contribution < -0.4 is 5.73 Å². The molecule has 3 aliphatic rings. The third-order valence-corrected chi connectivity index (χ3v) is 6.18. The maximum Gasteiger partial charge on any atom is 0.123 e. The van der Waals surface area contributed by atoms with E-state index in [1.165, 1.54) is 43.7 Å². The summed E-state index contributed by atoms with van der Waals surface area (Å²) in [6.45, 7) is 6.81. The fourth-order valence-electron chi connectivity index (χ4n) is 4.55. The highest BCUT2D eigenvalue weighted by molar-refractivity contribution is 5.31. The van der Waals surface area contributed by atoms with Crippen LogP contribution in [0, 0.1) is 0 Å². The van der Waals surface area contributed by atoms with Gasteiger partial charge in [0.1, 0.15) is 11.9 Å². The number of ether oxygens (including phenoxy) is 1. The smallest absolute Gasteiger partial charge is 0.123 e. The SMILES string of the molecule is Nc1cc(CN2CCC(OC3=CC=C(CN4CCCCC4)CC3)CC2)ccn1. The minimum absolute atomic E-state index is 0.363. The summed E-state index contributed by atoms with van der Waals surface area (Å²) < 4.78 is 6.33. The molecule has 0 unspecified atom stereocenters. The third-order valence-electron chi connectivity index (χ3n) is 6.18. The molecule has 3 heterocycles. The first-order valence-electron chi connectivity index (χ1n) is 10.9. The summed E-state index contributed by atoms with van der Waals surface area (Å²) in [5, 5.41) is 0. The van der Waals surface area contributed by atoms with E-state index in [-0.39, 0.29) is 0 Å². The Bertz CT molecular complexity index is 700. The zero-order chi connectivity index (χ0) is 19.2. The highest BCUT2D eigenvalue weighted by Crippen LogP contribution is 2.25. The molecule has 0 spiro atoms. The highest BCUT2D eigenvalue weighted by Gasteiger charge is 2.22. The van der Waals surface area contributed by atoms with Crippen molar-refractivity contribution in [3.63, 3.8) is 0 Å². The van der Waals surface area contributed by atoms with E-state index in [0.717, 1.165) is 51.9 Å². The number of nitrogen functional groups attached to an aromatic ring is 1. The van der Waals surface area contributed by atoms with Gasteiger partial charge in [-0.15, -0.1) is 0 Å². The van der Waals surface area contributed by atoms with Crippen LogP contribution in [0.15, 0.2) is 41.8 Å². The molecule has 2 aliphatic heterocycles. The largest absolute Gasteiger partial charge is 0.495 e. The van der Waals surface area contributed by atoms with Crippen molar-refractivity contribution in [2.24, 2.45) is 0 Å². The van der Waals surface area contributed by atoms with Gasteiger partial charge < -0.3 is 10.5 Å². The molecular formula is C23H34N4O. The first-order valence-corrected chi connectivity index (χ1v) is 10.9. The molecule has 28 heavy (non-hydrogen) atoms. The van der Waals surface area contributed by atoms with Crippen LogP contribution in [0.25, 0.3) is 0 Å². The Morgan fingerprint density at radius 3 is 2.46 bits per heavy atom. The summed E-state index contributed by atoms with van der Waals surface area (Å²) in [5.74, 6) is 1.79. The van der Waals surface area contributed by atoms with Gasteiger partial charge in [-0.1, -0.05) is 18.1 Å². The number of pyridine rings is 1. The van der Waals surface area contributed by atoms with Crippen LogP contribution in [0.5, 0.6) is 0 Å². The quantitative estimate of drug-likeness (QED) is 0.812. The summed E-state index contributed by atoms with van der Waals surface area (Å²) in [7, 11) is 0. The number of aromatic nitrogens is 1. The third kappa shape index (κ3) is 5.58. The Morgan fingerprint density at radius 1 is 0.964 bits per heavy atom. The number of nitrogens with two attached hydrogens (primary N) is 1. The van der Waals surface area contributed by atoms with E-state index in [0.29, 0.717) is 11.9 Å². The van der Waals surface area contributed by atoms with Gasteiger partial charge in [-0.3, -0.25) is 9.80 Å². The molecule has 0 amide bonds. The van der Waals surface area contributed by atoms with Crippen LogP contribution in [-0.2, 0) is 11.3 Å². The second-order valence-corrected chi connectivity index (χ2v) is 8.48. The van der Waals surface area contributed by atoms with Crippen LogP contribution >= 0.6 is 0 Å². The molecule has 2 fully saturated rings. The number of allylic oxidation sites excluding steroid dienone is 3. The molecule has 0 atom stereocenters. The molecule has 1 aromatic rings. The molecule has 0 aromatic carbocycles. The fourth-order valence-corrected chi connectivity index (χ4v) is 4.55. The van der Waals surface area contributed by atoms with E-state index >= 15 is 0 Å². The van der Waals surface area contributed by atoms with Crippen LogP contribution in [0.2, 0.25) is 0 Å². The molecule has 5 nitrogen and oxygen atoms in total. The number of rotatable bonds is 6. The highest BCUT2D eigenvalue weighted by atomic mass is 16.5. The Kier molecular flexibility index (Phi) is 6.65. The molecule has 4 rings (SSSR count). The summed E-state index contributed by atoms with van der Waals surface area (Å²) >= 11 is 0. The molecule has 0 radical (unpaired) electrons. The summed E-state index contributed by atoms with van der Waals surface area (Å²) in [5.41, 5.74) is 8.60. The van der Waals surface area contributed by atoms with E-state index in [1.807, 2.05) is 6.07 Å². The van der Waals surface area contributed by atoms with Gasteiger partial charge in [0, 0.05) is 38.8 Å². The second-order valence-electron chi connectivity index (χ2n) is 8.48. The van der Waals surface area contributed by atoms with Gasteiger partial charge in [0.05, 0.1) is 5.76 Å². The Hall–Kier alpha value is -1.85. The van der Waals surface area contributed by atoms with Crippen LogP contribution in [-0.4, -0.2) is 53.6 Å². The monoisotopic (exact) mass is 382 g/mol. The maximum absolute atomic E-state index is 6.33. The van der Waals surface area contributed by atoms with Gasteiger partial charge >= 0.3 is 0 Å². The number of nitrogens with zero attached hydrogens (tertiary/aromatic N) is 3. The predicted octanol–water partition coefficient (Wildman–Crippen LogP) is 3.73. The summed E-state index contributed by atoms with van der Waals surface area (Å²) in [6, 6.07) is 4.03. The minimum atomic E-state index is 0.363. The van der Waals surface area contributed by atoms with Crippen LogP contribution in [0.4, 0.5) is 5.82 Å². The fraction of sp³-hybridized carbons (Fsp3) is 0.609. The Labute approximate surface area is 169 Å². The van der Waals surface area contributed by atoms with Crippen molar-refractivity contribution < 1.29 is 4.74 Å². The molecule has 2 N–H and O–H groups in total. The zero-order valence-corrected chi connectivity index (χ0v) is 17.0. The molecule has 2 saturated heterocycles. The maximum atomic E-state index is 6.33. The Balaban J connectivity index is 1.20. The van der Waals surface area contributed by atoms with Crippen molar-refractivity contribution in [3.05, 3.63) is 47.4 Å². The summed E-state index contributed by atoms with van der Waals surface area (Å²) in [4.78, 5) is 9.17. The Morgan fingerprint density at radius 2 is 1.75 bits per heavy atom. The zero-order valence-electron chi connectivity index (χ0n) is 17.0. The lowest BCUT2D eigenvalue weighted by Gasteiger charge is -2.33. The van der Waals surface area contributed by atoms with E-state index in [9.17, 15) is 0 Å². The first-order chi connectivity index (χ1) is 13.7. The topological polar surface area (TPSA) is 54.6 Å². The molecular weight excluding hydrogens is 348 g/mol. The average Bonchev–Trinajstić information content (AvgIpc) is 2.72. The van der Waals surface area contributed by atoms with Gasteiger partial charge in [0.25, 0.3) is 0 Å². The molecule has 152 valence electrons. The van der Waals surface area contributed by atoms with Gasteiger partial charge in [-0.25, -0.2) is 4.98 Å². The van der Waals surface area contributed by atoms with Crippen molar-refractivity contribution in [2.75, 3.05) is 38.5 Å². The number of likely N-dealkylation sites (tertiary alicyclic amines) is 2. The number of piperidine rings is 2. The lowest BCUT2D eigenvalue weighted by Crippen LogP contribution is -2.36. The molecule has 5 heteroatoms. The van der Waals surface area contributed by atoms with Gasteiger partial charge in [-0.05, 0) is 69.0 Å². The average molecular weight is 383 g/mol. The first kappa shape index (κ1) is 19.5. The minimum Gasteiger partial charge on any atom is -0.495 e. The number of hydrogen-bond acceptors (Lipinski definition) is 5. The van der Waals surface area contributed by atoms with Crippen molar-refractivity contribution >= 4 is 5.82 Å². The molecule has 1 aromatic heterocycles. The van der Waals surface area contributed by atoms with Crippen LogP contribution in [0.3, 0.4) is 0 Å². The molecule has 0 saturated carbocycles. The lowest BCUT2D eigenvalue weighted by molar-refractivity contribution is 0.0436. The van der Waals surface area contributed by atoms with Crippen molar-refractivity contribution in [1.82, 2.24) is 14.8 Å². The van der Waals surface area contributed by atoms with E-state index in [1.54, 1.807) is 11.8 Å². The van der Waals surface area contributed by atoms with Crippen molar-refractivity contribution in [3.8, 4) is 0 Å². The van der Waals surface area contributed by atoms with Gasteiger partial charge in [0.2, 0.25) is 0 Å². The second kappa shape index (κ2) is 9.57. The predicted molar refractivity (Wildman–Crippen MR) is 114 cm³/mol. The standard InChI is InChI=1S/C23H34N4O/c24-23-16-20(8-11-25-23)18-27-14-9-22(10-15-27)28-21-6-4-19(5-7-21)17-26-12-2-1-3-13-26/h4,6,8,11,16,22H,1-3,5,7,9-10,12-15,17-18H2,(H2,24,25).